The third-order valence-electron chi connectivity index (χ3n) is 2.37. The maximum absolute atomic E-state index is 11.6. The standard InChI is InChI=1S/C13H19N3O2/c1-9(2)12(17)16-11-5-3-10(4-6-11)13(18)15-8-7-14/h3-6,9H,7-8,14H2,1-2H3,(H,15,18)(H,16,17). The lowest BCUT2D eigenvalue weighted by Crippen LogP contribution is -2.28. The normalized spacial score (nSPS) is 10.2. The number of nitrogens with two attached hydrogens (primary N) is 1. The number of rotatable bonds is 5. The second-order valence-corrected chi connectivity index (χ2v) is 4.27. The van der Waals surface area contributed by atoms with E-state index in [1.54, 1.807) is 24.3 Å². The number of benzene rings is 1. The van der Waals surface area contributed by atoms with Crippen LogP contribution in [0.1, 0.15) is 24.2 Å². The highest BCUT2D eigenvalue weighted by Crippen LogP contribution is 2.10. The number of anilines is 1. The zero-order valence-corrected chi connectivity index (χ0v) is 10.7. The highest BCUT2D eigenvalue weighted by Gasteiger charge is 2.08. The van der Waals surface area contributed by atoms with E-state index in [1.165, 1.54) is 0 Å². The molecule has 0 radical (unpaired) electrons. The van der Waals surface area contributed by atoms with Gasteiger partial charge in [0.2, 0.25) is 5.91 Å². The molecule has 1 rings (SSSR count). The average Bonchev–Trinajstić information content (AvgIpc) is 2.36. The molecule has 0 aliphatic rings. The first-order valence-corrected chi connectivity index (χ1v) is 5.93. The Morgan fingerprint density at radius 2 is 1.83 bits per heavy atom. The van der Waals surface area contributed by atoms with Crippen molar-refractivity contribution in [2.75, 3.05) is 18.4 Å². The molecule has 18 heavy (non-hydrogen) atoms. The van der Waals surface area contributed by atoms with E-state index in [2.05, 4.69) is 10.6 Å². The molecule has 0 bridgehead atoms. The van der Waals surface area contributed by atoms with Gasteiger partial charge in [0.15, 0.2) is 0 Å². The average molecular weight is 249 g/mol. The van der Waals surface area contributed by atoms with Crippen LogP contribution in [-0.2, 0) is 4.79 Å². The lowest BCUT2D eigenvalue weighted by atomic mass is 10.1. The van der Waals surface area contributed by atoms with Crippen LogP contribution in [0.4, 0.5) is 5.69 Å². The summed E-state index contributed by atoms with van der Waals surface area (Å²) in [6, 6.07) is 6.75. The van der Waals surface area contributed by atoms with Crippen LogP contribution in [0, 0.1) is 5.92 Å². The molecule has 5 heteroatoms. The lowest BCUT2D eigenvalue weighted by molar-refractivity contribution is -0.118. The minimum absolute atomic E-state index is 0.0460. The molecule has 0 aliphatic carbocycles. The zero-order valence-electron chi connectivity index (χ0n) is 10.7. The molecule has 0 saturated carbocycles. The van der Waals surface area contributed by atoms with Crippen molar-refractivity contribution in [1.82, 2.24) is 5.32 Å². The molecule has 0 saturated heterocycles. The Morgan fingerprint density at radius 3 is 2.33 bits per heavy atom. The predicted molar refractivity (Wildman–Crippen MR) is 71.3 cm³/mol. The maximum atomic E-state index is 11.6. The summed E-state index contributed by atoms with van der Waals surface area (Å²) in [4.78, 5) is 23.1. The van der Waals surface area contributed by atoms with Gasteiger partial charge in [-0.05, 0) is 24.3 Å². The van der Waals surface area contributed by atoms with Crippen molar-refractivity contribution in [3.8, 4) is 0 Å². The van der Waals surface area contributed by atoms with Gasteiger partial charge < -0.3 is 16.4 Å². The van der Waals surface area contributed by atoms with Crippen LogP contribution in [-0.4, -0.2) is 24.9 Å². The van der Waals surface area contributed by atoms with Crippen molar-refractivity contribution in [1.29, 1.82) is 0 Å². The number of carbonyl (C=O) groups excluding carboxylic acids is 2. The molecule has 0 aromatic heterocycles. The highest BCUT2D eigenvalue weighted by atomic mass is 16.2. The number of hydrogen-bond acceptors (Lipinski definition) is 3. The third kappa shape index (κ3) is 4.18. The summed E-state index contributed by atoms with van der Waals surface area (Å²) in [5.41, 5.74) is 6.53. The SMILES string of the molecule is CC(C)C(=O)Nc1ccc(C(=O)NCCN)cc1. The van der Waals surface area contributed by atoms with E-state index >= 15 is 0 Å². The molecule has 0 spiro atoms. The number of hydrogen-bond donors (Lipinski definition) is 3. The van der Waals surface area contributed by atoms with Gasteiger partial charge >= 0.3 is 0 Å². The summed E-state index contributed by atoms with van der Waals surface area (Å²) in [7, 11) is 0. The minimum Gasteiger partial charge on any atom is -0.351 e. The van der Waals surface area contributed by atoms with Crippen molar-refractivity contribution in [3.63, 3.8) is 0 Å². The monoisotopic (exact) mass is 249 g/mol. The Labute approximate surface area is 107 Å². The Kier molecular flexibility index (Phi) is 5.32. The zero-order chi connectivity index (χ0) is 13.5. The topological polar surface area (TPSA) is 84.2 Å². The molecule has 2 amide bonds. The molecule has 0 fully saturated rings. The lowest BCUT2D eigenvalue weighted by Gasteiger charge is -2.08. The van der Waals surface area contributed by atoms with Crippen molar-refractivity contribution < 1.29 is 9.59 Å². The van der Waals surface area contributed by atoms with Crippen LogP contribution < -0.4 is 16.4 Å². The van der Waals surface area contributed by atoms with Gasteiger partial charge in [-0.15, -0.1) is 0 Å². The second-order valence-electron chi connectivity index (χ2n) is 4.27. The summed E-state index contributed by atoms with van der Waals surface area (Å²) in [5.74, 6) is -0.282. The first-order valence-electron chi connectivity index (χ1n) is 5.93. The molecular formula is C13H19N3O2. The number of nitrogens with one attached hydrogen (secondary N) is 2. The number of carbonyl (C=O) groups is 2. The van der Waals surface area contributed by atoms with Gasteiger partial charge in [-0.1, -0.05) is 13.8 Å². The fourth-order valence-corrected chi connectivity index (χ4v) is 1.28. The van der Waals surface area contributed by atoms with Crippen molar-refractivity contribution in [3.05, 3.63) is 29.8 Å². The van der Waals surface area contributed by atoms with Crippen LogP contribution in [0.15, 0.2) is 24.3 Å². The second kappa shape index (κ2) is 6.76. The predicted octanol–water partition coefficient (Wildman–Crippen LogP) is 0.970. The summed E-state index contributed by atoms with van der Waals surface area (Å²) in [6.07, 6.45) is 0. The van der Waals surface area contributed by atoms with Gasteiger partial charge in [-0.2, -0.15) is 0 Å². The van der Waals surface area contributed by atoms with E-state index in [0.717, 1.165) is 0 Å². The fourth-order valence-electron chi connectivity index (χ4n) is 1.28. The highest BCUT2D eigenvalue weighted by molar-refractivity contribution is 5.96. The van der Waals surface area contributed by atoms with Crippen LogP contribution in [0.3, 0.4) is 0 Å². The van der Waals surface area contributed by atoms with Gasteiger partial charge in [-0.3, -0.25) is 9.59 Å². The van der Waals surface area contributed by atoms with Crippen molar-refractivity contribution >= 4 is 17.5 Å². The van der Waals surface area contributed by atoms with E-state index in [-0.39, 0.29) is 17.7 Å². The smallest absolute Gasteiger partial charge is 0.251 e. The molecule has 1 aromatic carbocycles. The van der Waals surface area contributed by atoms with E-state index in [4.69, 9.17) is 5.73 Å². The molecule has 4 N–H and O–H groups in total. The Morgan fingerprint density at radius 1 is 1.22 bits per heavy atom. The summed E-state index contributed by atoms with van der Waals surface area (Å²) in [6.45, 7) is 4.51. The number of amides is 2. The van der Waals surface area contributed by atoms with Crippen molar-refractivity contribution in [2.24, 2.45) is 11.7 Å². The third-order valence-corrected chi connectivity index (χ3v) is 2.37. The van der Waals surface area contributed by atoms with Gasteiger partial charge in [0.25, 0.3) is 5.91 Å². The minimum atomic E-state index is -0.165. The van der Waals surface area contributed by atoms with E-state index in [9.17, 15) is 9.59 Å². The van der Waals surface area contributed by atoms with E-state index < -0.39 is 0 Å². The van der Waals surface area contributed by atoms with Gasteiger partial charge in [0.05, 0.1) is 0 Å². The summed E-state index contributed by atoms with van der Waals surface area (Å²) >= 11 is 0. The van der Waals surface area contributed by atoms with Crippen molar-refractivity contribution in [2.45, 2.75) is 13.8 Å². The first-order chi connectivity index (χ1) is 8.54. The summed E-state index contributed by atoms with van der Waals surface area (Å²) in [5, 5.41) is 5.44. The largest absolute Gasteiger partial charge is 0.351 e. The fraction of sp³-hybridized carbons (Fsp3) is 0.385. The quantitative estimate of drug-likeness (QED) is 0.727. The Bertz CT molecular complexity index is 413. The van der Waals surface area contributed by atoms with Crippen LogP contribution in [0.25, 0.3) is 0 Å². The van der Waals surface area contributed by atoms with Crippen LogP contribution >= 0.6 is 0 Å². The molecular weight excluding hydrogens is 230 g/mol. The molecule has 5 nitrogen and oxygen atoms in total. The van der Waals surface area contributed by atoms with Gasteiger partial charge in [0, 0.05) is 30.3 Å². The maximum Gasteiger partial charge on any atom is 0.251 e. The van der Waals surface area contributed by atoms with Gasteiger partial charge in [-0.25, -0.2) is 0 Å². The molecule has 1 aromatic rings. The van der Waals surface area contributed by atoms with E-state index in [0.29, 0.717) is 24.3 Å². The van der Waals surface area contributed by atoms with Gasteiger partial charge in [0.1, 0.15) is 0 Å². The Hall–Kier alpha value is -1.88. The molecule has 0 aliphatic heterocycles. The summed E-state index contributed by atoms with van der Waals surface area (Å²) < 4.78 is 0. The Balaban J connectivity index is 2.62. The van der Waals surface area contributed by atoms with E-state index in [1.807, 2.05) is 13.8 Å². The van der Waals surface area contributed by atoms with Crippen LogP contribution in [0.5, 0.6) is 0 Å². The molecule has 98 valence electrons. The first kappa shape index (κ1) is 14.2. The van der Waals surface area contributed by atoms with Crippen LogP contribution in [0.2, 0.25) is 0 Å². The molecule has 0 unspecified atom stereocenters. The molecule has 0 heterocycles. The molecule has 0 atom stereocenters.